The zero-order chi connectivity index (χ0) is 42.1. The number of aromatic nitrogens is 1. The number of rotatable bonds is 7. The van der Waals surface area contributed by atoms with Crippen LogP contribution >= 0.6 is 0 Å². The summed E-state index contributed by atoms with van der Waals surface area (Å²) in [6.07, 6.45) is 0. The highest BCUT2D eigenvalue weighted by atomic mass is 16.3. The number of benzene rings is 10. The molecule has 0 unspecified atom stereocenters. The molecule has 13 aromatic rings. The monoisotopic (exact) mass is 818 g/mol. The molecule has 10 aromatic carbocycles. The molecule has 300 valence electrons. The van der Waals surface area contributed by atoms with Crippen molar-refractivity contribution < 1.29 is 8.83 Å². The average Bonchev–Trinajstić information content (AvgIpc) is 4.05. The quantitative estimate of drug-likeness (QED) is 0.161. The van der Waals surface area contributed by atoms with Gasteiger partial charge in [0.05, 0.1) is 16.7 Å². The van der Waals surface area contributed by atoms with Gasteiger partial charge >= 0.3 is 0 Å². The molecule has 0 amide bonds. The van der Waals surface area contributed by atoms with Crippen LogP contribution in [-0.4, -0.2) is 4.57 Å². The molecule has 0 atom stereocenters. The number of furan rings is 2. The fourth-order valence-electron chi connectivity index (χ4n) is 9.86. The van der Waals surface area contributed by atoms with Gasteiger partial charge in [-0.15, -0.1) is 0 Å². The second kappa shape index (κ2) is 14.5. The molecule has 0 saturated heterocycles. The Balaban J connectivity index is 1.04. The topological polar surface area (TPSA) is 34.5 Å². The SMILES string of the molecule is c1ccc(-c2ccc(N(c3cc(-c4ccc(-n5c6ccccc6c6ccccc65)cc4)c4oc5ccccc5c4c3)c3ccccc3-c3cccc4c3oc3ccccc34)cc2)cc1. The van der Waals surface area contributed by atoms with Crippen LogP contribution in [0.1, 0.15) is 0 Å². The third kappa shape index (κ3) is 5.70. The van der Waals surface area contributed by atoms with Gasteiger partial charge in [0.1, 0.15) is 22.3 Å². The molecule has 0 radical (unpaired) electrons. The number of anilines is 3. The minimum atomic E-state index is 0.855. The summed E-state index contributed by atoms with van der Waals surface area (Å²) in [6, 6.07) is 82.1. The minimum Gasteiger partial charge on any atom is -0.455 e. The molecular formula is C60H38N2O2. The van der Waals surface area contributed by atoms with E-state index in [0.29, 0.717) is 0 Å². The zero-order valence-electron chi connectivity index (χ0n) is 34.7. The van der Waals surface area contributed by atoms with Gasteiger partial charge in [0, 0.05) is 66.1 Å². The second-order valence-electron chi connectivity index (χ2n) is 16.4. The van der Waals surface area contributed by atoms with Crippen LogP contribution in [0, 0.1) is 0 Å². The lowest BCUT2D eigenvalue weighted by molar-refractivity contribution is 0.669. The lowest BCUT2D eigenvalue weighted by Crippen LogP contribution is -2.11. The number of para-hydroxylation sites is 6. The number of nitrogens with zero attached hydrogens (tertiary/aromatic N) is 2. The van der Waals surface area contributed by atoms with Gasteiger partial charge in [-0.05, 0) is 83.4 Å². The average molecular weight is 819 g/mol. The van der Waals surface area contributed by atoms with Crippen molar-refractivity contribution in [3.8, 4) is 39.1 Å². The standard InChI is InChI=1S/C60H38N2O2/c1-2-15-39(16-3-1)40-29-33-42(34-30-40)61(54-24-9-6-19-47(54)50-22-14-23-51-48-20-7-12-27-57(48)63-59(50)51)44-37-52(60-53(38-44)49-21-8-13-28-58(49)64-60)41-31-35-43(36-32-41)62-55-25-10-4-17-45(55)46-18-5-11-26-56(46)62/h1-38H. The van der Waals surface area contributed by atoms with Gasteiger partial charge in [-0.25, -0.2) is 0 Å². The number of hydrogen-bond donors (Lipinski definition) is 0. The lowest BCUT2D eigenvalue weighted by atomic mass is 9.97. The molecule has 13 rings (SSSR count). The molecule has 4 heteroatoms. The molecule has 0 aliphatic rings. The van der Waals surface area contributed by atoms with E-state index in [-0.39, 0.29) is 0 Å². The molecule has 64 heavy (non-hydrogen) atoms. The molecule has 0 bridgehead atoms. The first kappa shape index (κ1) is 36.1. The summed E-state index contributed by atoms with van der Waals surface area (Å²) >= 11 is 0. The van der Waals surface area contributed by atoms with Gasteiger partial charge in [0.15, 0.2) is 0 Å². The van der Waals surface area contributed by atoms with Crippen LogP contribution in [0.25, 0.3) is 105 Å². The van der Waals surface area contributed by atoms with E-state index in [2.05, 4.69) is 222 Å². The summed E-state index contributed by atoms with van der Waals surface area (Å²) in [5.41, 5.74) is 16.5. The summed E-state index contributed by atoms with van der Waals surface area (Å²) < 4.78 is 15.8. The van der Waals surface area contributed by atoms with Gasteiger partial charge in [-0.1, -0.05) is 164 Å². The normalized spacial score (nSPS) is 11.8. The summed E-state index contributed by atoms with van der Waals surface area (Å²) in [4.78, 5) is 2.39. The van der Waals surface area contributed by atoms with Crippen LogP contribution in [0.5, 0.6) is 0 Å². The highest BCUT2D eigenvalue weighted by molar-refractivity contribution is 6.14. The third-order valence-electron chi connectivity index (χ3n) is 12.8. The highest BCUT2D eigenvalue weighted by Crippen LogP contribution is 2.48. The van der Waals surface area contributed by atoms with Crippen LogP contribution in [0.2, 0.25) is 0 Å². The van der Waals surface area contributed by atoms with Crippen LogP contribution in [0.15, 0.2) is 239 Å². The Morgan fingerprint density at radius 1 is 0.312 bits per heavy atom. The first-order chi connectivity index (χ1) is 31.7. The Labute approximate surface area is 369 Å². The van der Waals surface area contributed by atoms with Crippen molar-refractivity contribution >= 4 is 82.7 Å². The molecule has 3 aromatic heterocycles. The van der Waals surface area contributed by atoms with Crippen LogP contribution in [0.3, 0.4) is 0 Å². The molecule has 0 fully saturated rings. The Bertz CT molecular complexity index is 3840. The van der Waals surface area contributed by atoms with Gasteiger partial charge in [0.25, 0.3) is 0 Å². The molecule has 0 N–H and O–H groups in total. The summed E-state index contributed by atoms with van der Waals surface area (Å²) in [5, 5.41) is 6.82. The predicted molar refractivity (Wildman–Crippen MR) is 266 cm³/mol. The first-order valence-electron chi connectivity index (χ1n) is 21.7. The van der Waals surface area contributed by atoms with Crippen LogP contribution in [0.4, 0.5) is 17.1 Å². The van der Waals surface area contributed by atoms with Crippen molar-refractivity contribution in [2.75, 3.05) is 4.90 Å². The maximum atomic E-state index is 6.80. The molecule has 0 saturated carbocycles. The molecule has 3 heterocycles. The maximum absolute atomic E-state index is 6.80. The van der Waals surface area contributed by atoms with Gasteiger partial charge in [-0.3, -0.25) is 0 Å². The van der Waals surface area contributed by atoms with Crippen LogP contribution in [-0.2, 0) is 0 Å². The summed E-state index contributed by atoms with van der Waals surface area (Å²) in [5.74, 6) is 0. The van der Waals surface area contributed by atoms with Crippen molar-refractivity contribution in [3.63, 3.8) is 0 Å². The maximum Gasteiger partial charge on any atom is 0.143 e. The van der Waals surface area contributed by atoms with Crippen molar-refractivity contribution in [2.45, 2.75) is 0 Å². The van der Waals surface area contributed by atoms with E-state index in [0.717, 1.165) is 94.4 Å². The van der Waals surface area contributed by atoms with Crippen molar-refractivity contribution in [1.29, 1.82) is 0 Å². The lowest BCUT2D eigenvalue weighted by Gasteiger charge is -2.28. The molecule has 0 aliphatic heterocycles. The molecule has 0 spiro atoms. The fourth-order valence-corrected chi connectivity index (χ4v) is 9.86. The Morgan fingerprint density at radius 3 is 1.53 bits per heavy atom. The fraction of sp³-hybridized carbons (Fsp3) is 0. The number of hydrogen-bond acceptors (Lipinski definition) is 3. The molecule has 4 nitrogen and oxygen atoms in total. The second-order valence-corrected chi connectivity index (χ2v) is 16.4. The minimum absolute atomic E-state index is 0.855. The Morgan fingerprint density at radius 2 is 0.828 bits per heavy atom. The molecule has 0 aliphatic carbocycles. The summed E-state index contributed by atoms with van der Waals surface area (Å²) in [6.45, 7) is 0. The molecular weight excluding hydrogens is 781 g/mol. The first-order valence-corrected chi connectivity index (χ1v) is 21.7. The van der Waals surface area contributed by atoms with E-state index in [1.165, 1.54) is 27.4 Å². The van der Waals surface area contributed by atoms with Gasteiger partial charge in [0.2, 0.25) is 0 Å². The van der Waals surface area contributed by atoms with E-state index >= 15 is 0 Å². The van der Waals surface area contributed by atoms with E-state index in [1.54, 1.807) is 0 Å². The highest BCUT2D eigenvalue weighted by Gasteiger charge is 2.24. The van der Waals surface area contributed by atoms with E-state index < -0.39 is 0 Å². The third-order valence-corrected chi connectivity index (χ3v) is 12.8. The smallest absolute Gasteiger partial charge is 0.143 e. The predicted octanol–water partition coefficient (Wildman–Crippen LogP) is 17.1. The van der Waals surface area contributed by atoms with E-state index in [4.69, 9.17) is 8.83 Å². The van der Waals surface area contributed by atoms with Crippen molar-refractivity contribution in [1.82, 2.24) is 4.57 Å². The Hall–Kier alpha value is -8.60. The van der Waals surface area contributed by atoms with Gasteiger partial charge in [-0.2, -0.15) is 0 Å². The van der Waals surface area contributed by atoms with Crippen LogP contribution < -0.4 is 4.90 Å². The summed E-state index contributed by atoms with van der Waals surface area (Å²) in [7, 11) is 0. The van der Waals surface area contributed by atoms with E-state index in [1.807, 2.05) is 18.2 Å². The van der Waals surface area contributed by atoms with Gasteiger partial charge < -0.3 is 18.3 Å². The number of fused-ring (bicyclic) bond motifs is 9. The van der Waals surface area contributed by atoms with E-state index in [9.17, 15) is 0 Å². The largest absolute Gasteiger partial charge is 0.455 e. The van der Waals surface area contributed by atoms with Crippen molar-refractivity contribution in [3.05, 3.63) is 231 Å². The Kier molecular flexibility index (Phi) is 8.18. The zero-order valence-corrected chi connectivity index (χ0v) is 34.7. The van der Waals surface area contributed by atoms with Crippen molar-refractivity contribution in [2.24, 2.45) is 0 Å².